The summed E-state index contributed by atoms with van der Waals surface area (Å²) in [5.74, 6) is -1.62. The van der Waals surface area contributed by atoms with Crippen LogP contribution in [0.3, 0.4) is 0 Å². The number of allylic oxidation sites excluding steroid dienone is 2. The van der Waals surface area contributed by atoms with Gasteiger partial charge in [-0.3, -0.25) is 19.2 Å². The molecule has 8 nitrogen and oxygen atoms in total. The number of ether oxygens (including phenoxy) is 2. The number of fused-ring (bicyclic) bond motifs is 1. The summed E-state index contributed by atoms with van der Waals surface area (Å²) >= 11 is 0. The minimum atomic E-state index is -0.635. The van der Waals surface area contributed by atoms with Gasteiger partial charge in [-0.1, -0.05) is 23.8 Å². The maximum atomic E-state index is 13.0. The van der Waals surface area contributed by atoms with Crippen molar-refractivity contribution in [3.63, 3.8) is 0 Å². The van der Waals surface area contributed by atoms with Gasteiger partial charge in [0.25, 0.3) is 0 Å². The standard InChI is InChI=1S/C27H26N2O6/c1-16-9-10-22-23(11-16)26(32)29(25(22)31)19-6-4-8-21(14-19)35-27(33)17-12-24(30)28(15-17)18-5-3-7-20(13-18)34-2/h3-9,13-14,17,22-23H,10-12,15H2,1-2H3/t17-,22+,23-/m1/s1. The van der Waals surface area contributed by atoms with Gasteiger partial charge in [-0.15, -0.1) is 0 Å². The second-order valence-corrected chi connectivity index (χ2v) is 9.24. The van der Waals surface area contributed by atoms with Gasteiger partial charge in [0.2, 0.25) is 17.7 Å². The van der Waals surface area contributed by atoms with Crippen molar-refractivity contribution in [3.8, 4) is 11.5 Å². The Morgan fingerprint density at radius 1 is 0.914 bits per heavy atom. The second kappa shape index (κ2) is 9.02. The summed E-state index contributed by atoms with van der Waals surface area (Å²) in [6, 6.07) is 13.5. The summed E-state index contributed by atoms with van der Waals surface area (Å²) in [6.07, 6.45) is 3.20. The zero-order chi connectivity index (χ0) is 24.7. The van der Waals surface area contributed by atoms with E-state index in [9.17, 15) is 19.2 Å². The molecule has 2 fully saturated rings. The van der Waals surface area contributed by atoms with Crippen LogP contribution in [0, 0.1) is 17.8 Å². The van der Waals surface area contributed by atoms with E-state index in [4.69, 9.17) is 9.47 Å². The lowest BCUT2D eigenvalue weighted by Gasteiger charge is -2.18. The number of hydrogen-bond donors (Lipinski definition) is 0. The number of carbonyl (C=O) groups excluding carboxylic acids is 4. The summed E-state index contributed by atoms with van der Waals surface area (Å²) in [5, 5.41) is 0. The van der Waals surface area contributed by atoms with E-state index in [2.05, 4.69) is 0 Å². The second-order valence-electron chi connectivity index (χ2n) is 9.24. The Morgan fingerprint density at radius 2 is 1.60 bits per heavy atom. The summed E-state index contributed by atoms with van der Waals surface area (Å²) < 4.78 is 10.8. The quantitative estimate of drug-likeness (QED) is 0.285. The average Bonchev–Trinajstić information content (AvgIpc) is 3.36. The van der Waals surface area contributed by atoms with Gasteiger partial charge in [-0.05, 0) is 44.0 Å². The zero-order valence-electron chi connectivity index (χ0n) is 19.6. The SMILES string of the molecule is COc1cccc(N2C[C@H](C(=O)Oc3cccc(N4C(=O)[C@H]5CC=C(C)C[C@H]5C4=O)c3)CC2=O)c1. The number of hydrogen-bond acceptors (Lipinski definition) is 6. The van der Waals surface area contributed by atoms with Crippen molar-refractivity contribution >= 4 is 35.1 Å². The Kier molecular flexibility index (Phi) is 5.88. The van der Waals surface area contributed by atoms with Crippen molar-refractivity contribution < 1.29 is 28.7 Å². The molecule has 0 radical (unpaired) electrons. The molecule has 0 spiro atoms. The van der Waals surface area contributed by atoms with Gasteiger partial charge in [0, 0.05) is 30.8 Å². The van der Waals surface area contributed by atoms with E-state index in [1.54, 1.807) is 54.5 Å². The van der Waals surface area contributed by atoms with E-state index in [1.165, 1.54) is 11.0 Å². The molecule has 3 aliphatic rings. The highest BCUT2D eigenvalue weighted by molar-refractivity contribution is 6.22. The van der Waals surface area contributed by atoms with E-state index < -0.39 is 11.9 Å². The lowest BCUT2D eigenvalue weighted by atomic mass is 9.82. The maximum absolute atomic E-state index is 13.0. The fourth-order valence-electron chi connectivity index (χ4n) is 5.07. The molecule has 0 aromatic heterocycles. The average molecular weight is 475 g/mol. The first-order valence-electron chi connectivity index (χ1n) is 11.7. The fourth-order valence-corrected chi connectivity index (χ4v) is 5.07. The van der Waals surface area contributed by atoms with Crippen LogP contribution in [0.2, 0.25) is 0 Å². The van der Waals surface area contributed by atoms with E-state index >= 15 is 0 Å². The molecule has 35 heavy (non-hydrogen) atoms. The molecule has 2 saturated heterocycles. The van der Waals surface area contributed by atoms with Gasteiger partial charge >= 0.3 is 5.97 Å². The molecule has 2 heterocycles. The maximum Gasteiger partial charge on any atom is 0.316 e. The van der Waals surface area contributed by atoms with Gasteiger partial charge in [0.15, 0.2) is 0 Å². The van der Waals surface area contributed by atoms with Crippen molar-refractivity contribution in [2.24, 2.45) is 17.8 Å². The lowest BCUT2D eigenvalue weighted by Crippen LogP contribution is -2.31. The van der Waals surface area contributed by atoms with Gasteiger partial charge < -0.3 is 14.4 Å². The molecule has 3 atom stereocenters. The molecule has 3 amide bonds. The van der Waals surface area contributed by atoms with Crippen LogP contribution >= 0.6 is 0 Å². The number of imide groups is 1. The molecule has 180 valence electrons. The number of rotatable bonds is 5. The summed E-state index contributed by atoms with van der Waals surface area (Å²) in [5.41, 5.74) is 2.16. The molecule has 0 saturated carbocycles. The fraction of sp³-hybridized carbons (Fsp3) is 0.333. The normalized spacial score (nSPS) is 23.9. The third-order valence-electron chi connectivity index (χ3n) is 6.94. The van der Waals surface area contributed by atoms with Crippen LogP contribution in [0.25, 0.3) is 0 Å². The van der Waals surface area contributed by atoms with E-state index in [-0.39, 0.29) is 48.3 Å². The van der Waals surface area contributed by atoms with E-state index in [0.29, 0.717) is 30.0 Å². The Labute approximate surface area is 203 Å². The molecule has 2 aliphatic heterocycles. The van der Waals surface area contributed by atoms with Gasteiger partial charge in [-0.25, -0.2) is 4.90 Å². The highest BCUT2D eigenvalue weighted by Crippen LogP contribution is 2.40. The summed E-state index contributed by atoms with van der Waals surface area (Å²) in [4.78, 5) is 54.2. The van der Waals surface area contributed by atoms with Crippen LogP contribution < -0.4 is 19.3 Å². The third-order valence-corrected chi connectivity index (χ3v) is 6.94. The first kappa shape index (κ1) is 22.8. The predicted molar refractivity (Wildman–Crippen MR) is 128 cm³/mol. The molecule has 0 N–H and O–H groups in total. The number of methoxy groups -OCH3 is 1. The minimum absolute atomic E-state index is 0.0363. The van der Waals surface area contributed by atoms with Crippen LogP contribution in [0.5, 0.6) is 11.5 Å². The molecular formula is C27H26N2O6. The number of nitrogens with zero attached hydrogens (tertiary/aromatic N) is 2. The van der Waals surface area contributed by atoms with Crippen LogP contribution in [0.1, 0.15) is 26.2 Å². The highest BCUT2D eigenvalue weighted by atomic mass is 16.5. The van der Waals surface area contributed by atoms with Crippen LogP contribution in [-0.4, -0.2) is 37.3 Å². The van der Waals surface area contributed by atoms with E-state index in [0.717, 1.165) is 5.57 Å². The minimum Gasteiger partial charge on any atom is -0.497 e. The highest BCUT2D eigenvalue weighted by Gasteiger charge is 2.48. The largest absolute Gasteiger partial charge is 0.497 e. The number of carbonyl (C=O) groups is 4. The Hall–Kier alpha value is -3.94. The first-order valence-corrected chi connectivity index (χ1v) is 11.7. The molecular weight excluding hydrogens is 448 g/mol. The monoisotopic (exact) mass is 474 g/mol. The predicted octanol–water partition coefficient (Wildman–Crippen LogP) is 3.50. The van der Waals surface area contributed by atoms with E-state index in [1.807, 2.05) is 13.0 Å². The Bertz CT molecular complexity index is 1250. The molecule has 0 bridgehead atoms. The smallest absolute Gasteiger partial charge is 0.316 e. The van der Waals surface area contributed by atoms with Crippen molar-refractivity contribution in [2.75, 3.05) is 23.5 Å². The van der Waals surface area contributed by atoms with Crippen molar-refractivity contribution in [1.82, 2.24) is 0 Å². The third kappa shape index (κ3) is 4.20. The van der Waals surface area contributed by atoms with Crippen molar-refractivity contribution in [2.45, 2.75) is 26.2 Å². The molecule has 5 rings (SSSR count). The molecule has 8 heteroatoms. The van der Waals surface area contributed by atoms with Crippen LogP contribution in [0.4, 0.5) is 11.4 Å². The topological polar surface area (TPSA) is 93.2 Å². The number of esters is 1. The molecule has 2 aromatic rings. The van der Waals surface area contributed by atoms with Crippen molar-refractivity contribution in [3.05, 3.63) is 60.2 Å². The Morgan fingerprint density at radius 3 is 2.37 bits per heavy atom. The van der Waals surface area contributed by atoms with Gasteiger partial charge in [-0.2, -0.15) is 0 Å². The number of anilines is 2. The lowest BCUT2D eigenvalue weighted by molar-refractivity contribution is -0.139. The molecule has 1 aliphatic carbocycles. The molecule has 2 aromatic carbocycles. The number of amides is 3. The summed E-state index contributed by atoms with van der Waals surface area (Å²) in [7, 11) is 1.55. The first-order chi connectivity index (χ1) is 16.9. The molecule has 0 unspecified atom stereocenters. The Balaban J connectivity index is 1.29. The van der Waals surface area contributed by atoms with Crippen LogP contribution in [-0.2, 0) is 19.2 Å². The zero-order valence-corrected chi connectivity index (χ0v) is 19.6. The van der Waals surface area contributed by atoms with Crippen LogP contribution in [0.15, 0.2) is 60.2 Å². The van der Waals surface area contributed by atoms with Gasteiger partial charge in [0.1, 0.15) is 11.5 Å². The van der Waals surface area contributed by atoms with Gasteiger partial charge in [0.05, 0.1) is 30.6 Å². The summed E-state index contributed by atoms with van der Waals surface area (Å²) in [6.45, 7) is 2.17. The van der Waals surface area contributed by atoms with Crippen molar-refractivity contribution in [1.29, 1.82) is 0 Å². The number of benzene rings is 2.